The number of benzene rings is 3. The maximum Gasteiger partial charge on any atom is 0.261 e. The summed E-state index contributed by atoms with van der Waals surface area (Å²) in [5, 5.41) is 0. The van der Waals surface area contributed by atoms with Crippen molar-refractivity contribution in [2.75, 3.05) is 11.8 Å². The van der Waals surface area contributed by atoms with E-state index in [0.29, 0.717) is 22.9 Å². The molecular weight excluding hydrogens is 338 g/mol. The van der Waals surface area contributed by atoms with Crippen LogP contribution in [-0.2, 0) is 10.0 Å². The fraction of sp³-hybridized carbons (Fsp3) is 0.0526. The first-order valence-electron chi connectivity index (χ1n) is 7.57. The number of anilines is 1. The van der Waals surface area contributed by atoms with Crippen molar-refractivity contribution in [1.82, 2.24) is 0 Å². The van der Waals surface area contributed by atoms with Crippen LogP contribution in [0.3, 0.4) is 0 Å². The Balaban J connectivity index is 1.78. The molecule has 0 saturated carbocycles. The molecule has 0 aliphatic carbocycles. The summed E-state index contributed by atoms with van der Waals surface area (Å²) in [6.45, 7) is 0. The third-order valence-corrected chi connectivity index (χ3v) is 4.83. The van der Waals surface area contributed by atoms with Gasteiger partial charge in [0.05, 0.1) is 17.7 Å². The third kappa shape index (κ3) is 4.30. The van der Waals surface area contributed by atoms with Crippen molar-refractivity contribution in [1.29, 1.82) is 0 Å². The number of methoxy groups -OCH3 is 1. The molecule has 0 aliphatic heterocycles. The minimum atomic E-state index is -3.69. The van der Waals surface area contributed by atoms with E-state index in [1.807, 2.05) is 30.3 Å². The first-order valence-corrected chi connectivity index (χ1v) is 9.05. The van der Waals surface area contributed by atoms with E-state index in [2.05, 4.69) is 4.72 Å². The summed E-state index contributed by atoms with van der Waals surface area (Å²) in [5.74, 6) is 1.82. The molecule has 3 aromatic carbocycles. The molecule has 3 aromatic rings. The highest BCUT2D eigenvalue weighted by atomic mass is 32.2. The number of hydrogen-bond donors (Lipinski definition) is 1. The van der Waals surface area contributed by atoms with Crippen molar-refractivity contribution < 1.29 is 17.9 Å². The van der Waals surface area contributed by atoms with Gasteiger partial charge in [0.25, 0.3) is 10.0 Å². The van der Waals surface area contributed by atoms with Crippen LogP contribution < -0.4 is 14.2 Å². The molecule has 0 spiro atoms. The highest BCUT2D eigenvalue weighted by Crippen LogP contribution is 2.25. The first kappa shape index (κ1) is 16.9. The van der Waals surface area contributed by atoms with Crippen LogP contribution in [0.1, 0.15) is 0 Å². The number of para-hydroxylation sites is 1. The van der Waals surface area contributed by atoms with Crippen LogP contribution >= 0.6 is 0 Å². The lowest BCUT2D eigenvalue weighted by molar-refractivity contribution is 0.414. The minimum Gasteiger partial charge on any atom is -0.497 e. The molecule has 0 amide bonds. The van der Waals surface area contributed by atoms with Crippen LogP contribution in [0.2, 0.25) is 0 Å². The average molecular weight is 355 g/mol. The van der Waals surface area contributed by atoms with Gasteiger partial charge in [-0.05, 0) is 48.5 Å². The maximum absolute atomic E-state index is 12.5. The van der Waals surface area contributed by atoms with E-state index < -0.39 is 10.0 Å². The number of rotatable bonds is 6. The molecule has 1 N–H and O–H groups in total. The van der Waals surface area contributed by atoms with Gasteiger partial charge in [0.2, 0.25) is 0 Å². The Hall–Kier alpha value is -2.99. The molecule has 0 radical (unpaired) electrons. The molecule has 0 saturated heterocycles. The van der Waals surface area contributed by atoms with Gasteiger partial charge in [-0.1, -0.05) is 24.3 Å². The van der Waals surface area contributed by atoms with Crippen LogP contribution in [0.25, 0.3) is 0 Å². The van der Waals surface area contributed by atoms with Gasteiger partial charge < -0.3 is 9.47 Å². The summed E-state index contributed by atoms with van der Waals surface area (Å²) < 4.78 is 38.3. The molecular formula is C19H17NO4S. The molecule has 3 rings (SSSR count). The number of hydrogen-bond acceptors (Lipinski definition) is 4. The van der Waals surface area contributed by atoms with Crippen LogP contribution in [0.15, 0.2) is 83.8 Å². The molecule has 128 valence electrons. The van der Waals surface area contributed by atoms with E-state index in [1.54, 1.807) is 36.4 Å². The minimum absolute atomic E-state index is 0.155. The Labute approximate surface area is 146 Å². The second-order valence-electron chi connectivity index (χ2n) is 5.22. The van der Waals surface area contributed by atoms with Gasteiger partial charge in [-0.15, -0.1) is 0 Å². The highest BCUT2D eigenvalue weighted by Gasteiger charge is 2.14. The normalized spacial score (nSPS) is 10.9. The summed E-state index contributed by atoms with van der Waals surface area (Å²) in [7, 11) is -2.16. The molecule has 25 heavy (non-hydrogen) atoms. The molecule has 0 heterocycles. The summed E-state index contributed by atoms with van der Waals surface area (Å²) in [6, 6.07) is 22.3. The molecule has 0 aromatic heterocycles. The van der Waals surface area contributed by atoms with E-state index in [0.717, 1.165) is 0 Å². The van der Waals surface area contributed by atoms with Crippen molar-refractivity contribution in [3.63, 3.8) is 0 Å². The third-order valence-electron chi connectivity index (χ3n) is 3.43. The van der Waals surface area contributed by atoms with Crippen molar-refractivity contribution in [3.8, 4) is 17.2 Å². The summed E-state index contributed by atoms with van der Waals surface area (Å²) in [6.07, 6.45) is 0. The number of sulfonamides is 1. The lowest BCUT2D eigenvalue weighted by atomic mass is 10.3. The maximum atomic E-state index is 12.5. The zero-order chi connectivity index (χ0) is 17.7. The largest absolute Gasteiger partial charge is 0.497 e. The predicted octanol–water partition coefficient (Wildman–Crippen LogP) is 4.29. The highest BCUT2D eigenvalue weighted by molar-refractivity contribution is 7.92. The topological polar surface area (TPSA) is 64.6 Å². The van der Waals surface area contributed by atoms with Gasteiger partial charge in [-0.3, -0.25) is 4.72 Å². The van der Waals surface area contributed by atoms with Gasteiger partial charge in [-0.2, -0.15) is 0 Å². The Morgan fingerprint density at radius 3 is 2.12 bits per heavy atom. The average Bonchev–Trinajstić information content (AvgIpc) is 2.62. The second kappa shape index (κ2) is 7.27. The molecule has 0 atom stereocenters. The smallest absolute Gasteiger partial charge is 0.261 e. The quantitative estimate of drug-likeness (QED) is 0.716. The Morgan fingerprint density at radius 1 is 0.760 bits per heavy atom. The Morgan fingerprint density at radius 2 is 1.44 bits per heavy atom. The fourth-order valence-electron chi connectivity index (χ4n) is 2.22. The van der Waals surface area contributed by atoms with E-state index in [-0.39, 0.29) is 4.90 Å². The Kier molecular flexibility index (Phi) is 4.90. The summed E-state index contributed by atoms with van der Waals surface area (Å²) in [5.41, 5.74) is 0.421. The molecule has 6 heteroatoms. The lowest BCUT2D eigenvalue weighted by Crippen LogP contribution is -2.12. The summed E-state index contributed by atoms with van der Waals surface area (Å²) >= 11 is 0. The molecule has 0 fully saturated rings. The van der Waals surface area contributed by atoms with Crippen molar-refractivity contribution in [3.05, 3.63) is 78.9 Å². The monoisotopic (exact) mass is 355 g/mol. The molecule has 0 bridgehead atoms. The second-order valence-corrected chi connectivity index (χ2v) is 6.91. The van der Waals surface area contributed by atoms with Gasteiger partial charge in [0.1, 0.15) is 17.2 Å². The van der Waals surface area contributed by atoms with Gasteiger partial charge >= 0.3 is 0 Å². The standard InChI is InChI=1S/C19H17NO4S/c1-23-16-10-12-19(13-11-16)25(21,22)20-15-6-5-9-18(14-15)24-17-7-3-2-4-8-17/h2-14,20H,1H3. The fourth-order valence-corrected chi connectivity index (χ4v) is 3.27. The van der Waals surface area contributed by atoms with Gasteiger partial charge in [-0.25, -0.2) is 8.42 Å². The van der Waals surface area contributed by atoms with Crippen molar-refractivity contribution >= 4 is 15.7 Å². The Bertz CT molecular complexity index is 939. The number of ether oxygens (including phenoxy) is 2. The molecule has 5 nitrogen and oxygen atoms in total. The van der Waals surface area contributed by atoms with Crippen LogP contribution in [0, 0.1) is 0 Å². The van der Waals surface area contributed by atoms with Crippen LogP contribution in [-0.4, -0.2) is 15.5 Å². The van der Waals surface area contributed by atoms with Crippen molar-refractivity contribution in [2.45, 2.75) is 4.90 Å². The van der Waals surface area contributed by atoms with Crippen LogP contribution in [0.4, 0.5) is 5.69 Å². The zero-order valence-electron chi connectivity index (χ0n) is 13.5. The van der Waals surface area contributed by atoms with E-state index in [1.165, 1.54) is 19.2 Å². The van der Waals surface area contributed by atoms with Gasteiger partial charge in [0.15, 0.2) is 0 Å². The van der Waals surface area contributed by atoms with E-state index >= 15 is 0 Å². The predicted molar refractivity (Wildman–Crippen MR) is 96.8 cm³/mol. The first-order chi connectivity index (χ1) is 12.1. The summed E-state index contributed by atoms with van der Waals surface area (Å²) in [4.78, 5) is 0.155. The van der Waals surface area contributed by atoms with E-state index in [4.69, 9.17) is 9.47 Å². The van der Waals surface area contributed by atoms with E-state index in [9.17, 15) is 8.42 Å². The zero-order valence-corrected chi connectivity index (χ0v) is 14.4. The van der Waals surface area contributed by atoms with Gasteiger partial charge in [0, 0.05) is 6.07 Å². The molecule has 0 aliphatic rings. The molecule has 0 unspecified atom stereocenters. The lowest BCUT2D eigenvalue weighted by Gasteiger charge is -2.11. The number of nitrogens with one attached hydrogen (secondary N) is 1. The SMILES string of the molecule is COc1ccc(S(=O)(=O)Nc2cccc(Oc3ccccc3)c2)cc1. The van der Waals surface area contributed by atoms with Crippen LogP contribution in [0.5, 0.6) is 17.2 Å². The van der Waals surface area contributed by atoms with Crippen molar-refractivity contribution in [2.24, 2.45) is 0 Å².